The second kappa shape index (κ2) is 8.75. The smallest absolute Gasteiger partial charge is 0.247 e. The summed E-state index contributed by atoms with van der Waals surface area (Å²) in [6.07, 6.45) is 0.646. The van der Waals surface area contributed by atoms with Crippen LogP contribution in [0.15, 0.2) is 59.0 Å². The molecule has 0 aliphatic carbocycles. The van der Waals surface area contributed by atoms with Crippen LogP contribution in [-0.2, 0) is 22.6 Å². The molecule has 3 aromatic rings. The third-order valence-electron chi connectivity index (χ3n) is 3.82. The Morgan fingerprint density at radius 3 is 2.44 bits per heavy atom. The van der Waals surface area contributed by atoms with Crippen LogP contribution in [0.2, 0.25) is 0 Å². The minimum atomic E-state index is -0.118. The first-order valence-corrected chi connectivity index (χ1v) is 8.61. The molecule has 2 N–H and O–H groups in total. The number of rotatable bonds is 7. The highest BCUT2D eigenvalue weighted by Gasteiger charge is 2.10. The van der Waals surface area contributed by atoms with Crippen molar-refractivity contribution < 1.29 is 14.0 Å². The number of benzene rings is 2. The maximum absolute atomic E-state index is 12.0. The van der Waals surface area contributed by atoms with Crippen molar-refractivity contribution in [3.63, 3.8) is 0 Å². The number of hydrogen-bond acceptors (Lipinski definition) is 5. The van der Waals surface area contributed by atoms with Gasteiger partial charge in [-0.3, -0.25) is 9.59 Å². The van der Waals surface area contributed by atoms with Crippen molar-refractivity contribution in [3.8, 4) is 11.5 Å². The zero-order chi connectivity index (χ0) is 19.1. The van der Waals surface area contributed by atoms with Crippen LogP contribution in [0.5, 0.6) is 0 Å². The number of aromatic nitrogens is 2. The fourth-order valence-electron chi connectivity index (χ4n) is 2.47. The van der Waals surface area contributed by atoms with Crippen molar-refractivity contribution in [2.45, 2.75) is 26.3 Å². The number of carbonyl (C=O) groups excluding carboxylic acids is 2. The number of nitrogens with zero attached hydrogens (tertiary/aromatic N) is 2. The molecule has 27 heavy (non-hydrogen) atoms. The molecule has 0 saturated carbocycles. The second-order valence-electron chi connectivity index (χ2n) is 6.02. The van der Waals surface area contributed by atoms with Gasteiger partial charge in [-0.25, -0.2) is 0 Å². The maximum Gasteiger partial charge on any atom is 0.247 e. The highest BCUT2D eigenvalue weighted by atomic mass is 16.4. The number of anilines is 1. The van der Waals surface area contributed by atoms with Gasteiger partial charge in [0.05, 0.1) is 0 Å². The molecule has 0 spiro atoms. The molecular formula is C20H20N4O3. The minimum Gasteiger partial charge on any atom is -0.421 e. The lowest BCUT2D eigenvalue weighted by Crippen LogP contribution is -2.23. The first-order chi connectivity index (χ1) is 13.1. The summed E-state index contributed by atoms with van der Waals surface area (Å²) < 4.78 is 5.59. The average Bonchev–Trinajstić information content (AvgIpc) is 3.15. The molecule has 0 saturated heterocycles. The van der Waals surface area contributed by atoms with Crippen LogP contribution >= 0.6 is 0 Å². The Labute approximate surface area is 156 Å². The Morgan fingerprint density at radius 2 is 1.74 bits per heavy atom. The van der Waals surface area contributed by atoms with Crippen LogP contribution in [0, 0.1) is 0 Å². The van der Waals surface area contributed by atoms with Crippen LogP contribution in [0.3, 0.4) is 0 Å². The molecule has 7 nitrogen and oxygen atoms in total. The fourth-order valence-corrected chi connectivity index (χ4v) is 2.47. The summed E-state index contributed by atoms with van der Waals surface area (Å²) in [5.41, 5.74) is 2.52. The van der Waals surface area contributed by atoms with Gasteiger partial charge >= 0.3 is 0 Å². The van der Waals surface area contributed by atoms with E-state index in [9.17, 15) is 9.59 Å². The number of amides is 2. The molecule has 0 aliphatic rings. The number of carbonyl (C=O) groups is 2. The highest BCUT2D eigenvalue weighted by molar-refractivity contribution is 5.88. The summed E-state index contributed by atoms with van der Waals surface area (Å²) in [5, 5.41) is 13.5. The minimum absolute atomic E-state index is 0.0969. The van der Waals surface area contributed by atoms with Gasteiger partial charge in [-0.05, 0) is 29.8 Å². The normalized spacial score (nSPS) is 10.4. The standard InChI is InChI=1S/C20H20N4O3/c1-14(25)22-17-9-7-15(8-10-17)13-21-18(26)11-12-19-23-24-20(27-19)16-5-3-2-4-6-16/h2-10H,11-13H2,1H3,(H,21,26)(H,22,25). The predicted molar refractivity (Wildman–Crippen MR) is 101 cm³/mol. The van der Waals surface area contributed by atoms with Crippen molar-refractivity contribution in [1.82, 2.24) is 15.5 Å². The number of hydrogen-bond donors (Lipinski definition) is 2. The quantitative estimate of drug-likeness (QED) is 0.672. The lowest BCUT2D eigenvalue weighted by Gasteiger charge is -2.06. The van der Waals surface area contributed by atoms with E-state index in [1.165, 1.54) is 6.92 Å². The van der Waals surface area contributed by atoms with Crippen molar-refractivity contribution >= 4 is 17.5 Å². The van der Waals surface area contributed by atoms with E-state index in [0.717, 1.165) is 16.8 Å². The zero-order valence-corrected chi connectivity index (χ0v) is 14.9. The topological polar surface area (TPSA) is 97.1 Å². The predicted octanol–water partition coefficient (Wildman–Crippen LogP) is 2.94. The van der Waals surface area contributed by atoms with Gasteiger partial charge in [-0.15, -0.1) is 10.2 Å². The largest absolute Gasteiger partial charge is 0.421 e. The van der Waals surface area contributed by atoms with E-state index in [1.807, 2.05) is 42.5 Å². The van der Waals surface area contributed by atoms with E-state index in [4.69, 9.17) is 4.42 Å². The van der Waals surface area contributed by atoms with E-state index in [0.29, 0.717) is 24.7 Å². The molecule has 7 heteroatoms. The van der Waals surface area contributed by atoms with Gasteiger partial charge in [0.1, 0.15) is 0 Å². The summed E-state index contributed by atoms with van der Waals surface area (Å²) in [5.74, 6) is 0.668. The van der Waals surface area contributed by atoms with Gasteiger partial charge in [0.15, 0.2) is 0 Å². The molecule has 0 aliphatic heterocycles. The summed E-state index contributed by atoms with van der Waals surface area (Å²) in [7, 11) is 0. The first kappa shape index (κ1) is 18.3. The summed E-state index contributed by atoms with van der Waals surface area (Å²) in [6.45, 7) is 1.87. The molecule has 0 unspecified atom stereocenters. The molecule has 138 valence electrons. The molecule has 1 aromatic heterocycles. The molecule has 0 bridgehead atoms. The Kier molecular flexibility index (Phi) is 5.94. The van der Waals surface area contributed by atoms with Crippen molar-refractivity contribution in [1.29, 1.82) is 0 Å². The van der Waals surface area contributed by atoms with E-state index < -0.39 is 0 Å². The molecule has 0 atom stereocenters. The maximum atomic E-state index is 12.0. The SMILES string of the molecule is CC(=O)Nc1ccc(CNC(=O)CCc2nnc(-c3ccccc3)o2)cc1. The van der Waals surface area contributed by atoms with Crippen LogP contribution in [0.25, 0.3) is 11.5 Å². The Bertz CT molecular complexity index is 904. The molecule has 2 aromatic carbocycles. The van der Waals surface area contributed by atoms with Crippen molar-refractivity contribution in [2.24, 2.45) is 0 Å². The number of aryl methyl sites for hydroxylation is 1. The monoisotopic (exact) mass is 364 g/mol. The third kappa shape index (κ3) is 5.50. The van der Waals surface area contributed by atoms with Gasteiger partial charge in [-0.2, -0.15) is 0 Å². The fraction of sp³-hybridized carbons (Fsp3) is 0.200. The van der Waals surface area contributed by atoms with Crippen LogP contribution in [0.4, 0.5) is 5.69 Å². The van der Waals surface area contributed by atoms with Gasteiger partial charge in [0, 0.05) is 37.6 Å². The van der Waals surface area contributed by atoms with Crippen LogP contribution < -0.4 is 10.6 Å². The summed E-state index contributed by atoms with van der Waals surface area (Å²) >= 11 is 0. The van der Waals surface area contributed by atoms with E-state index in [-0.39, 0.29) is 18.2 Å². The Morgan fingerprint density at radius 1 is 1.00 bits per heavy atom. The first-order valence-electron chi connectivity index (χ1n) is 8.61. The van der Waals surface area contributed by atoms with E-state index in [2.05, 4.69) is 20.8 Å². The molecule has 3 rings (SSSR count). The van der Waals surface area contributed by atoms with Gasteiger partial charge in [-0.1, -0.05) is 30.3 Å². The van der Waals surface area contributed by atoms with E-state index >= 15 is 0 Å². The van der Waals surface area contributed by atoms with E-state index in [1.54, 1.807) is 12.1 Å². The molecule has 0 radical (unpaired) electrons. The molecule has 2 amide bonds. The Hall–Kier alpha value is -3.48. The number of nitrogens with one attached hydrogen (secondary N) is 2. The highest BCUT2D eigenvalue weighted by Crippen LogP contribution is 2.17. The average molecular weight is 364 g/mol. The van der Waals surface area contributed by atoms with Crippen LogP contribution in [-0.4, -0.2) is 22.0 Å². The lowest BCUT2D eigenvalue weighted by molar-refractivity contribution is -0.121. The molecular weight excluding hydrogens is 344 g/mol. The Balaban J connectivity index is 1.45. The second-order valence-corrected chi connectivity index (χ2v) is 6.02. The van der Waals surface area contributed by atoms with Gasteiger partial charge in [0.2, 0.25) is 23.6 Å². The summed E-state index contributed by atoms with van der Waals surface area (Å²) in [6, 6.07) is 16.8. The van der Waals surface area contributed by atoms with Crippen molar-refractivity contribution in [2.75, 3.05) is 5.32 Å². The van der Waals surface area contributed by atoms with Crippen LogP contribution in [0.1, 0.15) is 24.8 Å². The summed E-state index contributed by atoms with van der Waals surface area (Å²) in [4.78, 5) is 23.0. The molecule has 0 fully saturated rings. The molecule has 1 heterocycles. The van der Waals surface area contributed by atoms with Gasteiger partial charge < -0.3 is 15.1 Å². The third-order valence-corrected chi connectivity index (χ3v) is 3.82. The zero-order valence-electron chi connectivity index (χ0n) is 14.9. The lowest BCUT2D eigenvalue weighted by atomic mass is 10.2. The van der Waals surface area contributed by atoms with Gasteiger partial charge in [0.25, 0.3) is 0 Å². The van der Waals surface area contributed by atoms with Crippen molar-refractivity contribution in [3.05, 3.63) is 66.1 Å².